The molecule has 0 radical (unpaired) electrons. The van der Waals surface area contributed by atoms with E-state index in [2.05, 4.69) is 11.9 Å². The molecule has 1 amide bonds. The molecule has 0 aromatic carbocycles. The van der Waals surface area contributed by atoms with Crippen LogP contribution in [0.3, 0.4) is 0 Å². The Morgan fingerprint density at radius 3 is 2.89 bits per heavy atom. The first-order valence-corrected chi connectivity index (χ1v) is 6.76. The van der Waals surface area contributed by atoms with Gasteiger partial charge in [0.15, 0.2) is 0 Å². The number of halogens is 2. The number of aromatic nitrogens is 1. The van der Waals surface area contributed by atoms with E-state index < -0.39 is 0 Å². The number of aliphatic hydroxyl groups excluding tert-OH is 1. The molecule has 1 aromatic heterocycles. The summed E-state index contributed by atoms with van der Waals surface area (Å²) in [5.74, 6) is 0.142. The van der Waals surface area contributed by atoms with Crippen LogP contribution in [0.4, 0.5) is 0 Å². The molecule has 1 saturated heterocycles. The van der Waals surface area contributed by atoms with Crippen molar-refractivity contribution in [1.29, 1.82) is 0 Å². The minimum atomic E-state index is -0.158. The number of nitrogens with zero attached hydrogens (tertiary/aromatic N) is 1. The van der Waals surface area contributed by atoms with E-state index in [9.17, 15) is 9.90 Å². The average Bonchev–Trinajstić information content (AvgIpc) is 2.68. The number of piperidine rings is 1. The van der Waals surface area contributed by atoms with Gasteiger partial charge in [-0.05, 0) is 24.8 Å². The zero-order valence-corrected chi connectivity index (χ0v) is 11.6. The lowest BCUT2D eigenvalue weighted by atomic mass is 9.91. The van der Waals surface area contributed by atoms with Crippen molar-refractivity contribution in [2.75, 3.05) is 13.2 Å². The highest BCUT2D eigenvalue weighted by Gasteiger charge is 2.32. The normalized spacial score (nSPS) is 24.3. The van der Waals surface area contributed by atoms with Crippen molar-refractivity contribution >= 4 is 29.1 Å². The van der Waals surface area contributed by atoms with Crippen molar-refractivity contribution in [3.63, 3.8) is 0 Å². The van der Waals surface area contributed by atoms with Crippen molar-refractivity contribution in [2.24, 2.45) is 5.92 Å². The van der Waals surface area contributed by atoms with E-state index in [-0.39, 0.29) is 23.7 Å². The summed E-state index contributed by atoms with van der Waals surface area (Å²) < 4.78 is 0. The minimum absolute atomic E-state index is 0.0188. The van der Waals surface area contributed by atoms with Crippen LogP contribution in [0.1, 0.15) is 30.3 Å². The van der Waals surface area contributed by atoms with E-state index >= 15 is 0 Å². The third-order valence-electron chi connectivity index (χ3n) is 3.52. The van der Waals surface area contributed by atoms with Gasteiger partial charge in [0, 0.05) is 6.54 Å². The number of hydrogen-bond donors (Lipinski definition) is 2. The molecule has 0 saturated carbocycles. The number of likely N-dealkylation sites (tertiary alicyclic amines) is 1. The fourth-order valence-corrected chi connectivity index (χ4v) is 2.77. The van der Waals surface area contributed by atoms with Gasteiger partial charge in [-0.1, -0.05) is 30.1 Å². The lowest BCUT2D eigenvalue weighted by Gasteiger charge is -2.38. The minimum Gasteiger partial charge on any atom is -0.394 e. The predicted octanol–water partition coefficient (Wildman–Crippen LogP) is 2.55. The number of carbonyl (C=O) groups excluding carboxylic acids is 1. The van der Waals surface area contributed by atoms with Crippen LogP contribution in [-0.4, -0.2) is 40.1 Å². The second-order valence-electron chi connectivity index (χ2n) is 4.71. The van der Waals surface area contributed by atoms with Crippen LogP contribution < -0.4 is 0 Å². The summed E-state index contributed by atoms with van der Waals surface area (Å²) in [7, 11) is 0. The fourth-order valence-electron chi connectivity index (χ4n) is 2.45. The Hall–Kier alpha value is -0.710. The van der Waals surface area contributed by atoms with Crippen LogP contribution in [0.15, 0.2) is 6.07 Å². The van der Waals surface area contributed by atoms with Crippen LogP contribution in [-0.2, 0) is 0 Å². The summed E-state index contributed by atoms with van der Waals surface area (Å²) >= 11 is 11.6. The molecular weight excluding hydrogens is 275 g/mol. The Morgan fingerprint density at radius 2 is 2.33 bits per heavy atom. The molecule has 18 heavy (non-hydrogen) atoms. The molecule has 2 rings (SSSR count). The van der Waals surface area contributed by atoms with Crippen molar-refractivity contribution in [1.82, 2.24) is 9.88 Å². The highest BCUT2D eigenvalue weighted by atomic mass is 35.5. The van der Waals surface area contributed by atoms with Crippen molar-refractivity contribution < 1.29 is 9.90 Å². The summed E-state index contributed by atoms with van der Waals surface area (Å²) in [5.41, 5.74) is 0.373. The van der Waals surface area contributed by atoms with E-state index in [0.29, 0.717) is 23.2 Å². The SMILES string of the molecule is CC1CCCN(C(=O)c2cc(Cl)c(Cl)[nH]2)C1CO. The molecule has 6 heteroatoms. The summed E-state index contributed by atoms with van der Waals surface area (Å²) in [4.78, 5) is 16.8. The van der Waals surface area contributed by atoms with Crippen LogP contribution in [0.5, 0.6) is 0 Å². The van der Waals surface area contributed by atoms with Crippen molar-refractivity contribution in [3.05, 3.63) is 21.9 Å². The standard InChI is InChI=1S/C12H16Cl2N2O2/c1-7-3-2-4-16(10(7)6-17)12(18)9-5-8(13)11(14)15-9/h5,7,10,15,17H,2-4,6H2,1H3. The molecule has 1 fully saturated rings. The van der Waals surface area contributed by atoms with Gasteiger partial charge in [0.2, 0.25) is 0 Å². The van der Waals surface area contributed by atoms with Gasteiger partial charge >= 0.3 is 0 Å². The first-order valence-electron chi connectivity index (χ1n) is 6.00. The van der Waals surface area contributed by atoms with Gasteiger partial charge in [0.1, 0.15) is 10.8 Å². The Kier molecular flexibility index (Phi) is 4.20. The van der Waals surface area contributed by atoms with Gasteiger partial charge in [-0.15, -0.1) is 0 Å². The third-order valence-corrected chi connectivity index (χ3v) is 4.21. The summed E-state index contributed by atoms with van der Waals surface area (Å²) in [5, 5.41) is 10.0. The van der Waals surface area contributed by atoms with Gasteiger partial charge in [0.05, 0.1) is 17.7 Å². The molecule has 0 spiro atoms. The van der Waals surface area contributed by atoms with Crippen molar-refractivity contribution in [3.8, 4) is 0 Å². The van der Waals surface area contributed by atoms with E-state index in [1.54, 1.807) is 4.90 Å². The fraction of sp³-hybridized carbons (Fsp3) is 0.583. The maximum absolute atomic E-state index is 12.3. The van der Waals surface area contributed by atoms with Gasteiger partial charge in [-0.25, -0.2) is 0 Å². The number of amides is 1. The summed E-state index contributed by atoms with van der Waals surface area (Å²) in [6, 6.07) is 1.40. The monoisotopic (exact) mass is 290 g/mol. The first kappa shape index (κ1) is 13.7. The Labute approximate surface area is 116 Å². The Morgan fingerprint density at radius 1 is 1.61 bits per heavy atom. The molecule has 1 aliphatic rings. The van der Waals surface area contributed by atoms with E-state index in [4.69, 9.17) is 23.2 Å². The molecule has 2 atom stereocenters. The van der Waals surface area contributed by atoms with Gasteiger partial charge in [-0.3, -0.25) is 4.79 Å². The van der Waals surface area contributed by atoms with Crippen LogP contribution in [0, 0.1) is 5.92 Å². The van der Waals surface area contributed by atoms with Crippen LogP contribution in [0.25, 0.3) is 0 Å². The smallest absolute Gasteiger partial charge is 0.270 e. The molecule has 1 aromatic rings. The lowest BCUT2D eigenvalue weighted by Crippen LogP contribution is -2.49. The second-order valence-corrected chi connectivity index (χ2v) is 5.50. The maximum Gasteiger partial charge on any atom is 0.270 e. The molecular formula is C12H16Cl2N2O2. The molecule has 4 nitrogen and oxygen atoms in total. The average molecular weight is 291 g/mol. The number of hydrogen-bond acceptors (Lipinski definition) is 2. The molecule has 2 N–H and O–H groups in total. The zero-order chi connectivity index (χ0) is 13.3. The topological polar surface area (TPSA) is 56.3 Å². The largest absolute Gasteiger partial charge is 0.394 e. The first-order chi connectivity index (χ1) is 8.54. The zero-order valence-electron chi connectivity index (χ0n) is 10.1. The quantitative estimate of drug-likeness (QED) is 0.879. The van der Waals surface area contributed by atoms with E-state index in [0.717, 1.165) is 12.8 Å². The Balaban J connectivity index is 2.21. The number of aromatic amines is 1. The van der Waals surface area contributed by atoms with Gasteiger partial charge in [0.25, 0.3) is 5.91 Å². The maximum atomic E-state index is 12.3. The van der Waals surface area contributed by atoms with E-state index in [1.807, 2.05) is 0 Å². The molecule has 100 valence electrons. The summed E-state index contributed by atoms with van der Waals surface area (Å²) in [6.45, 7) is 2.69. The number of nitrogens with one attached hydrogen (secondary N) is 1. The van der Waals surface area contributed by atoms with Gasteiger partial charge in [-0.2, -0.15) is 0 Å². The molecule has 0 bridgehead atoms. The molecule has 2 unspecified atom stereocenters. The number of H-pyrrole nitrogens is 1. The number of carbonyl (C=O) groups is 1. The highest BCUT2D eigenvalue weighted by Crippen LogP contribution is 2.27. The predicted molar refractivity (Wildman–Crippen MR) is 71.1 cm³/mol. The highest BCUT2D eigenvalue weighted by molar-refractivity contribution is 6.41. The molecule has 1 aliphatic heterocycles. The number of aliphatic hydroxyl groups is 1. The third kappa shape index (κ3) is 2.51. The van der Waals surface area contributed by atoms with Gasteiger partial charge < -0.3 is 15.0 Å². The lowest BCUT2D eigenvalue weighted by molar-refractivity contribution is 0.0354. The van der Waals surface area contributed by atoms with Crippen molar-refractivity contribution in [2.45, 2.75) is 25.8 Å². The van der Waals surface area contributed by atoms with E-state index in [1.165, 1.54) is 6.07 Å². The second kappa shape index (κ2) is 5.51. The van der Waals surface area contributed by atoms with Crippen LogP contribution >= 0.6 is 23.2 Å². The number of rotatable bonds is 2. The summed E-state index contributed by atoms with van der Waals surface area (Å²) in [6.07, 6.45) is 1.98. The molecule has 2 heterocycles. The molecule has 0 aliphatic carbocycles. The Bertz CT molecular complexity index is 428. The van der Waals surface area contributed by atoms with Crippen LogP contribution in [0.2, 0.25) is 10.2 Å².